The van der Waals surface area contributed by atoms with Crippen molar-refractivity contribution in [3.8, 4) is 5.75 Å². The molecule has 3 nitrogen and oxygen atoms in total. The van der Waals surface area contributed by atoms with Crippen LogP contribution in [0.1, 0.15) is 18.4 Å². The number of nitrogens with two attached hydrogens (primary N) is 1. The van der Waals surface area contributed by atoms with Crippen LogP contribution in [0.15, 0.2) is 24.3 Å². The molecule has 0 amide bonds. The van der Waals surface area contributed by atoms with Gasteiger partial charge in [0.2, 0.25) is 0 Å². The zero-order valence-corrected chi connectivity index (χ0v) is 9.76. The van der Waals surface area contributed by atoms with Crippen molar-refractivity contribution in [3.05, 3.63) is 29.8 Å². The van der Waals surface area contributed by atoms with Crippen LogP contribution in [0.3, 0.4) is 0 Å². The van der Waals surface area contributed by atoms with Crippen molar-refractivity contribution in [2.75, 3.05) is 13.6 Å². The lowest BCUT2D eigenvalue weighted by Crippen LogP contribution is -2.39. The molecular weight excluding hydrogens is 200 g/mol. The van der Waals surface area contributed by atoms with Gasteiger partial charge in [-0.1, -0.05) is 18.2 Å². The number of hydrogen-bond acceptors (Lipinski definition) is 3. The van der Waals surface area contributed by atoms with Crippen LogP contribution in [0.5, 0.6) is 5.75 Å². The number of likely N-dealkylation sites (N-methyl/N-ethyl adjacent to an activating group) is 1. The molecule has 0 aromatic heterocycles. The third kappa shape index (κ3) is 2.54. The molecule has 3 heteroatoms. The molecule has 1 atom stereocenters. The van der Waals surface area contributed by atoms with Crippen molar-refractivity contribution in [1.82, 2.24) is 4.90 Å². The van der Waals surface area contributed by atoms with Crippen LogP contribution in [0.2, 0.25) is 0 Å². The Morgan fingerprint density at radius 1 is 1.44 bits per heavy atom. The SMILES string of the molecule is CN(Cc1ccccc1O)C(CN)C1CC1. The largest absolute Gasteiger partial charge is 0.508 e. The van der Waals surface area contributed by atoms with Crippen LogP contribution in [0.4, 0.5) is 0 Å². The fourth-order valence-corrected chi connectivity index (χ4v) is 2.24. The van der Waals surface area contributed by atoms with E-state index in [-0.39, 0.29) is 0 Å². The third-order valence-electron chi connectivity index (χ3n) is 3.39. The van der Waals surface area contributed by atoms with Gasteiger partial charge in [-0.25, -0.2) is 0 Å². The first-order valence-corrected chi connectivity index (χ1v) is 5.89. The number of nitrogens with zero attached hydrogens (tertiary/aromatic N) is 1. The average Bonchev–Trinajstić information content (AvgIpc) is 3.07. The second-order valence-electron chi connectivity index (χ2n) is 4.68. The first-order chi connectivity index (χ1) is 7.72. The summed E-state index contributed by atoms with van der Waals surface area (Å²) in [6, 6.07) is 7.96. The van der Waals surface area contributed by atoms with Gasteiger partial charge < -0.3 is 10.8 Å². The Balaban J connectivity index is 2.00. The van der Waals surface area contributed by atoms with E-state index in [4.69, 9.17) is 5.73 Å². The lowest BCUT2D eigenvalue weighted by Gasteiger charge is -2.27. The molecule has 0 aliphatic heterocycles. The summed E-state index contributed by atoms with van der Waals surface area (Å²) in [4.78, 5) is 2.26. The Kier molecular flexibility index (Phi) is 3.46. The molecule has 1 fully saturated rings. The minimum atomic E-state index is 0.376. The van der Waals surface area contributed by atoms with E-state index >= 15 is 0 Å². The first-order valence-electron chi connectivity index (χ1n) is 5.89. The number of rotatable bonds is 5. The summed E-state index contributed by atoms with van der Waals surface area (Å²) in [5.74, 6) is 1.14. The minimum Gasteiger partial charge on any atom is -0.508 e. The Bertz CT molecular complexity index is 350. The minimum absolute atomic E-state index is 0.376. The van der Waals surface area contributed by atoms with E-state index in [1.807, 2.05) is 18.2 Å². The van der Waals surface area contributed by atoms with Gasteiger partial charge in [-0.3, -0.25) is 4.90 Å². The molecule has 0 spiro atoms. The number of phenols is 1. The van der Waals surface area contributed by atoms with Gasteiger partial charge in [-0.2, -0.15) is 0 Å². The summed E-state index contributed by atoms with van der Waals surface area (Å²) in [5.41, 5.74) is 6.78. The van der Waals surface area contributed by atoms with Gasteiger partial charge in [0.1, 0.15) is 5.75 Å². The zero-order chi connectivity index (χ0) is 11.5. The van der Waals surface area contributed by atoms with Gasteiger partial charge in [0.15, 0.2) is 0 Å². The van der Waals surface area contributed by atoms with Crippen LogP contribution in [-0.2, 0) is 6.54 Å². The fourth-order valence-electron chi connectivity index (χ4n) is 2.24. The van der Waals surface area contributed by atoms with Gasteiger partial charge in [0.05, 0.1) is 0 Å². The molecule has 0 bridgehead atoms. The van der Waals surface area contributed by atoms with E-state index in [1.165, 1.54) is 12.8 Å². The number of hydrogen-bond donors (Lipinski definition) is 2. The van der Waals surface area contributed by atoms with E-state index in [0.717, 1.165) is 18.0 Å². The summed E-state index contributed by atoms with van der Waals surface area (Å²) in [6.07, 6.45) is 2.60. The Morgan fingerprint density at radius 2 is 2.12 bits per heavy atom. The molecule has 0 saturated heterocycles. The van der Waals surface area contributed by atoms with E-state index in [2.05, 4.69) is 11.9 Å². The van der Waals surface area contributed by atoms with Crippen LogP contribution >= 0.6 is 0 Å². The smallest absolute Gasteiger partial charge is 0.120 e. The maximum Gasteiger partial charge on any atom is 0.120 e. The van der Waals surface area contributed by atoms with Gasteiger partial charge in [0, 0.05) is 24.7 Å². The fraction of sp³-hybridized carbons (Fsp3) is 0.538. The lowest BCUT2D eigenvalue weighted by atomic mass is 10.1. The van der Waals surface area contributed by atoms with Crippen LogP contribution in [-0.4, -0.2) is 29.6 Å². The normalized spacial score (nSPS) is 17.7. The van der Waals surface area contributed by atoms with Crippen molar-refractivity contribution in [2.45, 2.75) is 25.4 Å². The molecule has 1 aromatic carbocycles. The summed E-state index contributed by atoms with van der Waals surface area (Å²) in [7, 11) is 2.09. The second-order valence-corrected chi connectivity index (χ2v) is 4.68. The lowest BCUT2D eigenvalue weighted by molar-refractivity contribution is 0.213. The molecule has 88 valence electrons. The van der Waals surface area contributed by atoms with E-state index in [0.29, 0.717) is 18.3 Å². The quantitative estimate of drug-likeness (QED) is 0.791. The Morgan fingerprint density at radius 3 is 2.69 bits per heavy atom. The van der Waals surface area contributed by atoms with Crippen molar-refractivity contribution < 1.29 is 5.11 Å². The predicted octanol–water partition coefficient (Wildman–Crippen LogP) is 1.56. The van der Waals surface area contributed by atoms with Crippen molar-refractivity contribution >= 4 is 0 Å². The molecule has 1 aliphatic rings. The van der Waals surface area contributed by atoms with Crippen LogP contribution in [0, 0.1) is 5.92 Å². The highest BCUT2D eigenvalue weighted by Crippen LogP contribution is 2.35. The zero-order valence-electron chi connectivity index (χ0n) is 9.76. The monoisotopic (exact) mass is 220 g/mol. The standard InChI is InChI=1S/C13H20N2O/c1-15(12(8-14)10-6-7-10)9-11-4-2-3-5-13(11)16/h2-5,10,12,16H,6-9,14H2,1H3. The first kappa shape index (κ1) is 11.4. The summed E-state index contributed by atoms with van der Waals surface area (Å²) in [5, 5.41) is 9.71. The molecule has 1 aliphatic carbocycles. The molecule has 0 heterocycles. The Hall–Kier alpha value is -1.06. The third-order valence-corrected chi connectivity index (χ3v) is 3.39. The summed E-state index contributed by atoms with van der Waals surface area (Å²) < 4.78 is 0. The number of benzene rings is 1. The van der Waals surface area contributed by atoms with E-state index < -0.39 is 0 Å². The molecule has 3 N–H and O–H groups in total. The maximum absolute atomic E-state index is 9.71. The van der Waals surface area contributed by atoms with Crippen LogP contribution < -0.4 is 5.73 Å². The van der Waals surface area contributed by atoms with Gasteiger partial charge in [-0.15, -0.1) is 0 Å². The molecule has 1 saturated carbocycles. The van der Waals surface area contributed by atoms with Crippen LogP contribution in [0.25, 0.3) is 0 Å². The van der Waals surface area contributed by atoms with Crippen molar-refractivity contribution in [3.63, 3.8) is 0 Å². The molecule has 0 radical (unpaired) electrons. The van der Waals surface area contributed by atoms with E-state index in [1.54, 1.807) is 6.07 Å². The molecular formula is C13H20N2O. The molecule has 1 unspecified atom stereocenters. The summed E-state index contributed by atoms with van der Waals surface area (Å²) >= 11 is 0. The van der Waals surface area contributed by atoms with E-state index in [9.17, 15) is 5.11 Å². The van der Waals surface area contributed by atoms with Crippen molar-refractivity contribution in [1.29, 1.82) is 0 Å². The Labute approximate surface area is 96.9 Å². The number of phenolic OH excluding ortho intramolecular Hbond substituents is 1. The van der Waals surface area contributed by atoms with Gasteiger partial charge in [0.25, 0.3) is 0 Å². The number of para-hydroxylation sites is 1. The van der Waals surface area contributed by atoms with Crippen molar-refractivity contribution in [2.24, 2.45) is 11.7 Å². The number of aromatic hydroxyl groups is 1. The highest BCUT2D eigenvalue weighted by molar-refractivity contribution is 5.31. The topological polar surface area (TPSA) is 49.5 Å². The highest BCUT2D eigenvalue weighted by atomic mass is 16.3. The van der Waals surface area contributed by atoms with Gasteiger partial charge in [-0.05, 0) is 31.9 Å². The average molecular weight is 220 g/mol. The summed E-state index contributed by atoms with van der Waals surface area (Å²) in [6.45, 7) is 1.47. The maximum atomic E-state index is 9.71. The molecule has 16 heavy (non-hydrogen) atoms. The second kappa shape index (κ2) is 4.85. The predicted molar refractivity (Wildman–Crippen MR) is 65.1 cm³/mol. The van der Waals surface area contributed by atoms with Gasteiger partial charge >= 0.3 is 0 Å². The highest BCUT2D eigenvalue weighted by Gasteiger charge is 2.32. The molecule has 1 aromatic rings. The molecule has 2 rings (SSSR count).